The topological polar surface area (TPSA) is 302 Å². The molecule has 14 rings (SSSR count). The SMILES string of the molecule is CCc1sc(-c2ccnc(Nc3cc(C)cc(C)c3)n2)nc1CO.COc1cc(Nc2nccc(-c3nc(C)c(CCOC4CCCCO4)s3)n2)cc(C(F)(F)F)c1.Cc1cc(C)cc(Nc2nccc(-c3nc(CON)c(C)s3)n2)c1.Cc1nc(-c2ccnc(Nc3cc(OCCCN4CCN(C)CC4)cc(C(F)(F)F)c3)n2)sc1C. The largest absolute Gasteiger partial charge is 0.497 e. The van der Waals surface area contributed by atoms with Crippen LogP contribution in [0.4, 0.5) is 72.9 Å². The van der Waals surface area contributed by atoms with Gasteiger partial charge >= 0.3 is 12.4 Å². The molecule has 8 aromatic heterocycles. The number of aliphatic hydroxyl groups excluding tert-OH is 1. The van der Waals surface area contributed by atoms with E-state index >= 15 is 0 Å². The van der Waals surface area contributed by atoms with Crippen molar-refractivity contribution in [2.75, 3.05) is 88.0 Å². The highest BCUT2D eigenvalue weighted by molar-refractivity contribution is 7.16. The van der Waals surface area contributed by atoms with Crippen LogP contribution in [0.3, 0.4) is 0 Å². The Morgan fingerprint density at radius 2 is 0.974 bits per heavy atom. The van der Waals surface area contributed by atoms with E-state index in [0.29, 0.717) is 54.5 Å². The third-order valence-electron chi connectivity index (χ3n) is 18.2. The number of anilines is 8. The molecule has 2 aliphatic rings. The number of aliphatic hydroxyl groups is 1. The average Bonchev–Trinajstić information content (AvgIpc) is 1.61. The van der Waals surface area contributed by atoms with Crippen molar-refractivity contribution < 1.29 is 55.2 Å². The minimum atomic E-state index is -4.51. The van der Waals surface area contributed by atoms with E-state index in [0.717, 1.165) is 176 Å². The van der Waals surface area contributed by atoms with Crippen molar-refractivity contribution in [1.29, 1.82) is 0 Å². The van der Waals surface area contributed by atoms with Gasteiger partial charge < -0.3 is 55.1 Å². The zero-order valence-electron chi connectivity index (χ0n) is 66.7. The molecular weight excluding hydrogens is 1590 g/mol. The summed E-state index contributed by atoms with van der Waals surface area (Å²) in [7, 11) is 3.41. The number of thiazole rings is 4. The first-order valence-corrected chi connectivity index (χ1v) is 41.0. The maximum absolute atomic E-state index is 13.5. The lowest BCUT2D eigenvalue weighted by Crippen LogP contribution is -2.44. The highest BCUT2D eigenvalue weighted by Gasteiger charge is 2.33. The second kappa shape index (κ2) is 41.3. The maximum Gasteiger partial charge on any atom is 0.416 e. The molecule has 0 radical (unpaired) electrons. The zero-order valence-corrected chi connectivity index (χ0v) is 69.9. The number of hydrogen-bond acceptors (Lipinski definition) is 29. The Morgan fingerprint density at radius 3 is 1.43 bits per heavy atom. The zero-order chi connectivity index (χ0) is 83.3. The molecule has 0 aliphatic carbocycles. The number of hydrogen-bond donors (Lipinski definition) is 6. The van der Waals surface area contributed by atoms with Crippen molar-refractivity contribution in [3.63, 3.8) is 0 Å². The lowest BCUT2D eigenvalue weighted by atomic mass is 10.1. The number of rotatable bonds is 26. The molecule has 35 heteroatoms. The summed E-state index contributed by atoms with van der Waals surface area (Å²) < 4.78 is 102. The van der Waals surface area contributed by atoms with Crippen LogP contribution in [0.1, 0.15) is 108 Å². The fraction of sp³-hybridized carbons (Fsp3) is 0.366. The Bertz CT molecular complexity index is 5180. The van der Waals surface area contributed by atoms with Crippen molar-refractivity contribution >= 4 is 91.9 Å². The Balaban J connectivity index is 0.000000155. The molecule has 117 heavy (non-hydrogen) atoms. The third kappa shape index (κ3) is 25.9. The van der Waals surface area contributed by atoms with Crippen LogP contribution < -0.4 is 36.6 Å². The summed E-state index contributed by atoms with van der Waals surface area (Å²) in [4.78, 5) is 66.7. The van der Waals surface area contributed by atoms with Gasteiger partial charge in [0.15, 0.2) is 6.29 Å². The molecule has 2 aliphatic heterocycles. The Morgan fingerprint density at radius 1 is 0.521 bits per heavy atom. The predicted molar refractivity (Wildman–Crippen MR) is 447 cm³/mol. The number of nitrogens with two attached hydrogens (primary N) is 1. The number of likely N-dealkylation sites (N-methyl/N-ethyl adjacent to an activating group) is 1. The van der Waals surface area contributed by atoms with E-state index in [2.05, 4.69) is 174 Å². The molecule has 0 amide bonds. The fourth-order valence-corrected chi connectivity index (χ4v) is 16.1. The van der Waals surface area contributed by atoms with Crippen LogP contribution in [0, 0.1) is 55.4 Å². The lowest BCUT2D eigenvalue weighted by Gasteiger charge is -2.32. The number of aryl methyl sites for hydroxylation is 9. The van der Waals surface area contributed by atoms with Crippen molar-refractivity contribution in [3.05, 3.63) is 198 Å². The van der Waals surface area contributed by atoms with Gasteiger partial charge in [-0.15, -0.1) is 45.3 Å². The fourth-order valence-electron chi connectivity index (χ4n) is 12.3. The standard InChI is InChI=1S/C24H29F3N6OS.C23H25F3N4O3S.C18H20N4OS.C17H19N5OS/c1-16-17(2)35-22(29-16)21-5-6-28-23(31-21)30-19-13-18(24(25,26)27)14-20(15-19)34-12-4-7-33-10-8-32(3)9-11-33;1-14-19(7-10-33-20-5-3-4-9-32-20)34-21(28-14)18-6-8-27-22(30-18)29-16-11-15(23(24,25)26)12-17(13-16)31-2;1-4-16-15(10-23)21-17(24-16)14-5-6-19-18(22-14)20-13-8-11(2)7-12(3)9-13;1-10-6-11(2)8-13(7-10)20-17-19-5-4-14(22-17)16-21-15(9-23-18)12(3)24-16/h5-6,13-15H,4,7-12H2,1-3H3,(H,28,30,31);6,8,11-13,20H,3-5,7,9-10H2,1-2H3,(H,27,29,30);5-9,23H,4,10H2,1-3H3,(H,19,20,22);4-8H,9,18H2,1-3H3,(H,19,20,22). The van der Waals surface area contributed by atoms with Crippen molar-refractivity contribution in [2.24, 2.45) is 5.90 Å². The molecule has 12 aromatic rings. The van der Waals surface area contributed by atoms with E-state index in [1.165, 1.54) is 64.3 Å². The number of piperazine rings is 1. The van der Waals surface area contributed by atoms with Crippen molar-refractivity contribution in [3.8, 4) is 54.3 Å². The molecule has 0 spiro atoms. The predicted octanol–water partition coefficient (Wildman–Crippen LogP) is 18.4. The lowest BCUT2D eigenvalue weighted by molar-refractivity contribution is -0.161. The van der Waals surface area contributed by atoms with Crippen molar-refractivity contribution in [1.82, 2.24) is 69.6 Å². The van der Waals surface area contributed by atoms with Gasteiger partial charge in [0.05, 0.1) is 60.8 Å². The number of ether oxygens (including phenoxy) is 4. The number of aromatic nitrogens is 12. The molecule has 618 valence electrons. The number of methoxy groups -OCH3 is 1. The van der Waals surface area contributed by atoms with Gasteiger partial charge in [-0.25, -0.2) is 65.7 Å². The van der Waals surface area contributed by atoms with Gasteiger partial charge in [-0.2, -0.15) is 26.3 Å². The summed E-state index contributed by atoms with van der Waals surface area (Å²) in [5, 5.41) is 24.7. The third-order valence-corrected chi connectivity index (χ3v) is 22.8. The van der Waals surface area contributed by atoms with E-state index in [-0.39, 0.29) is 47.7 Å². The number of halogens is 6. The van der Waals surface area contributed by atoms with Crippen LogP contribution in [-0.2, 0) is 52.7 Å². The van der Waals surface area contributed by atoms with Crippen LogP contribution in [0.2, 0.25) is 0 Å². The molecule has 10 heterocycles. The van der Waals surface area contributed by atoms with Gasteiger partial charge in [-0.05, 0) is 190 Å². The van der Waals surface area contributed by atoms with Crippen LogP contribution in [-0.4, -0.2) is 148 Å². The van der Waals surface area contributed by atoms with Gasteiger partial charge in [0, 0.05) is 125 Å². The molecular formula is C82H93F6N19O6S4. The first kappa shape index (κ1) is 87.7. The molecule has 7 N–H and O–H groups in total. The summed E-state index contributed by atoms with van der Waals surface area (Å²) in [5.41, 5.74) is 11.5. The summed E-state index contributed by atoms with van der Waals surface area (Å²) in [6.07, 6.45) is 2.81. The van der Waals surface area contributed by atoms with Gasteiger partial charge in [-0.3, -0.25) is 4.84 Å². The summed E-state index contributed by atoms with van der Waals surface area (Å²) >= 11 is 6.15. The first-order valence-electron chi connectivity index (χ1n) is 37.7. The number of nitrogens with zero attached hydrogens (tertiary/aromatic N) is 14. The van der Waals surface area contributed by atoms with Gasteiger partial charge in [0.1, 0.15) is 60.9 Å². The molecule has 0 saturated carbocycles. The number of alkyl halides is 6. The molecule has 1 atom stereocenters. The minimum Gasteiger partial charge on any atom is -0.497 e. The summed E-state index contributed by atoms with van der Waals surface area (Å²) in [5.74, 6) is 6.80. The average molecular weight is 1680 g/mol. The molecule has 2 saturated heterocycles. The van der Waals surface area contributed by atoms with E-state index < -0.39 is 23.5 Å². The van der Waals surface area contributed by atoms with Crippen LogP contribution in [0.25, 0.3) is 42.8 Å². The normalized spacial score (nSPS) is 13.8. The molecule has 25 nitrogen and oxygen atoms in total. The van der Waals surface area contributed by atoms with E-state index in [9.17, 15) is 31.4 Å². The van der Waals surface area contributed by atoms with Gasteiger partial charge in [0.25, 0.3) is 0 Å². The van der Waals surface area contributed by atoms with Crippen molar-refractivity contribution in [2.45, 2.75) is 133 Å². The summed E-state index contributed by atoms with van der Waals surface area (Å²) in [6, 6.07) is 26.6. The smallest absolute Gasteiger partial charge is 0.416 e. The van der Waals surface area contributed by atoms with Gasteiger partial charge in [0.2, 0.25) is 23.8 Å². The monoisotopic (exact) mass is 1680 g/mol. The molecule has 4 aromatic carbocycles. The maximum atomic E-state index is 13.5. The quantitative estimate of drug-likeness (QED) is 0.0167. The summed E-state index contributed by atoms with van der Waals surface area (Å²) in [6.45, 7) is 24.9. The van der Waals surface area contributed by atoms with Crippen LogP contribution in [0.5, 0.6) is 11.5 Å². The van der Waals surface area contributed by atoms with E-state index in [4.69, 9.17) is 24.8 Å². The Kier molecular flexibility index (Phi) is 30.9. The highest BCUT2D eigenvalue weighted by Crippen LogP contribution is 2.39. The second-order valence-electron chi connectivity index (χ2n) is 27.7. The van der Waals surface area contributed by atoms with Crippen LogP contribution >= 0.6 is 45.3 Å². The minimum absolute atomic E-state index is 0.0432. The Labute approximate surface area is 691 Å². The van der Waals surface area contributed by atoms with Crippen LogP contribution in [0.15, 0.2) is 122 Å². The van der Waals surface area contributed by atoms with E-state index in [1.54, 1.807) is 59.5 Å². The first-order chi connectivity index (χ1) is 56.1. The highest BCUT2D eigenvalue weighted by atomic mass is 32.1. The van der Waals surface area contributed by atoms with Gasteiger partial charge in [-0.1, -0.05) is 19.1 Å². The second-order valence-corrected chi connectivity index (χ2v) is 32.3. The number of nitrogens with one attached hydrogen (secondary N) is 4. The molecule has 2 fully saturated rings. The molecule has 0 bridgehead atoms. The number of benzene rings is 4. The Hall–Kier alpha value is -10.2. The molecule has 1 unspecified atom stereocenters. The van der Waals surface area contributed by atoms with E-state index in [1.807, 2.05) is 39.8 Å².